The number of primary amides is 1. The summed E-state index contributed by atoms with van der Waals surface area (Å²) < 4.78 is 37.5. The van der Waals surface area contributed by atoms with Crippen LogP contribution in [-0.4, -0.2) is 10.5 Å². The molecular weight excluding hydrogens is 249 g/mol. The molecule has 8 heteroatoms. The molecule has 0 saturated heterocycles. The molecule has 1 aromatic heterocycles. The summed E-state index contributed by atoms with van der Waals surface area (Å²) in [6.45, 7) is -0.650. The van der Waals surface area contributed by atoms with E-state index in [1.54, 1.807) is 0 Å². The Morgan fingerprint density at radius 2 is 2.06 bits per heavy atom. The van der Waals surface area contributed by atoms with Gasteiger partial charge in [0.25, 0.3) is 5.56 Å². The number of hydrogen-bond donors (Lipinski definition) is 1. The molecule has 1 rings (SSSR count). The van der Waals surface area contributed by atoms with Gasteiger partial charge in [0, 0.05) is 6.20 Å². The molecule has 0 unspecified atom stereocenters. The summed E-state index contributed by atoms with van der Waals surface area (Å²) in [5.74, 6) is -0.933. The standard InChI is InChI=1S/C8H6ClF3N2O2/c9-5-1-4(8(10,11)12)2-14(7(5)16)3-6(13)15/h1-2H,3H2,(H2,13,15). The van der Waals surface area contributed by atoms with E-state index in [0.29, 0.717) is 16.8 Å². The van der Waals surface area contributed by atoms with Crippen molar-refractivity contribution >= 4 is 17.5 Å². The molecule has 0 atom stereocenters. The quantitative estimate of drug-likeness (QED) is 0.856. The predicted octanol–water partition coefficient (Wildman–Crippen LogP) is 1.01. The van der Waals surface area contributed by atoms with E-state index in [2.05, 4.69) is 0 Å². The Morgan fingerprint density at radius 1 is 1.50 bits per heavy atom. The maximum Gasteiger partial charge on any atom is 0.417 e. The van der Waals surface area contributed by atoms with Crippen molar-refractivity contribution in [1.29, 1.82) is 0 Å². The first kappa shape index (κ1) is 12.6. The van der Waals surface area contributed by atoms with Gasteiger partial charge >= 0.3 is 6.18 Å². The number of alkyl halides is 3. The molecule has 16 heavy (non-hydrogen) atoms. The van der Waals surface area contributed by atoms with Gasteiger partial charge in [-0.25, -0.2) is 0 Å². The highest BCUT2D eigenvalue weighted by atomic mass is 35.5. The lowest BCUT2D eigenvalue weighted by molar-refractivity contribution is -0.138. The van der Waals surface area contributed by atoms with Crippen molar-refractivity contribution in [3.05, 3.63) is 33.2 Å². The summed E-state index contributed by atoms with van der Waals surface area (Å²) in [5, 5.41) is -0.615. The van der Waals surface area contributed by atoms with Gasteiger partial charge < -0.3 is 10.3 Å². The average molecular weight is 255 g/mol. The minimum atomic E-state index is -4.64. The average Bonchev–Trinajstić information content (AvgIpc) is 2.10. The molecule has 2 N–H and O–H groups in total. The third kappa shape index (κ3) is 2.75. The zero-order valence-electron chi connectivity index (χ0n) is 7.71. The van der Waals surface area contributed by atoms with Gasteiger partial charge in [-0.05, 0) is 6.07 Å². The first-order valence-corrected chi connectivity index (χ1v) is 4.35. The zero-order valence-corrected chi connectivity index (χ0v) is 8.47. The molecule has 1 amide bonds. The van der Waals surface area contributed by atoms with Crippen LogP contribution < -0.4 is 11.3 Å². The van der Waals surface area contributed by atoms with Crippen molar-refractivity contribution in [3.8, 4) is 0 Å². The van der Waals surface area contributed by atoms with Crippen LogP contribution in [0.5, 0.6) is 0 Å². The normalized spacial score (nSPS) is 11.5. The number of nitrogens with two attached hydrogens (primary N) is 1. The van der Waals surface area contributed by atoms with Crippen molar-refractivity contribution in [1.82, 2.24) is 4.57 Å². The maximum absolute atomic E-state index is 12.3. The highest BCUT2D eigenvalue weighted by Crippen LogP contribution is 2.29. The molecule has 0 bridgehead atoms. The molecule has 0 aromatic carbocycles. The fourth-order valence-electron chi connectivity index (χ4n) is 1.04. The van der Waals surface area contributed by atoms with Gasteiger partial charge in [-0.1, -0.05) is 11.6 Å². The number of aromatic nitrogens is 1. The minimum Gasteiger partial charge on any atom is -0.368 e. The topological polar surface area (TPSA) is 65.1 Å². The number of carbonyl (C=O) groups is 1. The van der Waals surface area contributed by atoms with Crippen LogP contribution in [0.3, 0.4) is 0 Å². The Labute approximate surface area is 92.4 Å². The number of rotatable bonds is 2. The number of hydrogen-bond acceptors (Lipinski definition) is 2. The van der Waals surface area contributed by atoms with E-state index in [-0.39, 0.29) is 0 Å². The van der Waals surface area contributed by atoms with Crippen LogP contribution in [0.25, 0.3) is 0 Å². The Bertz CT molecular complexity index is 481. The second-order valence-corrected chi connectivity index (χ2v) is 3.38. The summed E-state index contributed by atoms with van der Waals surface area (Å²) in [6.07, 6.45) is -4.14. The molecule has 1 heterocycles. The highest BCUT2D eigenvalue weighted by molar-refractivity contribution is 6.30. The van der Waals surface area contributed by atoms with E-state index in [4.69, 9.17) is 17.3 Å². The number of halogens is 4. The fourth-order valence-corrected chi connectivity index (χ4v) is 1.27. The fraction of sp³-hybridized carbons (Fsp3) is 0.250. The maximum atomic E-state index is 12.3. The lowest BCUT2D eigenvalue weighted by atomic mass is 10.2. The second kappa shape index (κ2) is 4.17. The smallest absolute Gasteiger partial charge is 0.368 e. The number of pyridine rings is 1. The Morgan fingerprint density at radius 3 is 2.50 bits per heavy atom. The van der Waals surface area contributed by atoms with Gasteiger partial charge in [0.15, 0.2) is 0 Å². The van der Waals surface area contributed by atoms with Gasteiger partial charge in [-0.15, -0.1) is 0 Å². The second-order valence-electron chi connectivity index (χ2n) is 2.97. The first-order valence-electron chi connectivity index (χ1n) is 3.97. The van der Waals surface area contributed by atoms with Crippen molar-refractivity contribution < 1.29 is 18.0 Å². The molecule has 88 valence electrons. The summed E-state index contributed by atoms with van der Waals surface area (Å²) in [6, 6.07) is 0.501. The largest absolute Gasteiger partial charge is 0.417 e. The third-order valence-electron chi connectivity index (χ3n) is 1.70. The van der Waals surface area contributed by atoms with Crippen molar-refractivity contribution in [2.45, 2.75) is 12.7 Å². The van der Waals surface area contributed by atoms with Crippen molar-refractivity contribution in [2.75, 3.05) is 0 Å². The Balaban J connectivity index is 3.33. The molecule has 0 saturated carbocycles. The van der Waals surface area contributed by atoms with Crippen LogP contribution in [0, 0.1) is 0 Å². The van der Waals surface area contributed by atoms with Crippen LogP contribution in [0.4, 0.5) is 13.2 Å². The predicted molar refractivity (Wildman–Crippen MR) is 49.9 cm³/mol. The minimum absolute atomic E-state index is 0.499. The SMILES string of the molecule is NC(=O)Cn1cc(C(F)(F)F)cc(Cl)c1=O. The van der Waals surface area contributed by atoms with Gasteiger partial charge in [-0.2, -0.15) is 13.2 Å². The number of nitrogens with zero attached hydrogens (tertiary/aromatic N) is 1. The molecule has 0 aliphatic carbocycles. The molecule has 0 spiro atoms. The number of amides is 1. The van der Waals surface area contributed by atoms with E-state index in [9.17, 15) is 22.8 Å². The lowest BCUT2D eigenvalue weighted by Gasteiger charge is -2.10. The van der Waals surface area contributed by atoms with Gasteiger partial charge in [0.05, 0.1) is 5.56 Å². The molecular formula is C8H6ClF3N2O2. The first-order chi connectivity index (χ1) is 7.21. The van der Waals surface area contributed by atoms with Gasteiger partial charge in [0.2, 0.25) is 5.91 Å². The Hall–Kier alpha value is -1.50. The van der Waals surface area contributed by atoms with Crippen LogP contribution in [-0.2, 0) is 17.5 Å². The zero-order chi connectivity index (χ0) is 12.5. The monoisotopic (exact) mass is 254 g/mol. The van der Waals surface area contributed by atoms with E-state index >= 15 is 0 Å². The van der Waals surface area contributed by atoms with E-state index in [1.807, 2.05) is 0 Å². The molecule has 0 radical (unpaired) electrons. The van der Waals surface area contributed by atoms with Crippen LogP contribution in [0.2, 0.25) is 5.02 Å². The van der Waals surface area contributed by atoms with Crippen LogP contribution >= 0.6 is 11.6 Å². The van der Waals surface area contributed by atoms with Crippen molar-refractivity contribution in [2.24, 2.45) is 5.73 Å². The van der Waals surface area contributed by atoms with Gasteiger partial charge in [0.1, 0.15) is 11.6 Å². The van der Waals surface area contributed by atoms with E-state index in [1.165, 1.54) is 0 Å². The number of carbonyl (C=O) groups excluding carboxylic acids is 1. The van der Waals surface area contributed by atoms with Gasteiger partial charge in [-0.3, -0.25) is 9.59 Å². The summed E-state index contributed by atoms with van der Waals surface area (Å²) in [5.41, 5.74) is 2.77. The lowest BCUT2D eigenvalue weighted by Crippen LogP contribution is -2.29. The highest BCUT2D eigenvalue weighted by Gasteiger charge is 2.32. The third-order valence-corrected chi connectivity index (χ3v) is 1.97. The molecule has 0 fully saturated rings. The Kier molecular flexibility index (Phi) is 3.27. The molecule has 0 aliphatic heterocycles. The van der Waals surface area contributed by atoms with E-state index < -0.39 is 34.8 Å². The summed E-state index contributed by atoms with van der Waals surface area (Å²) >= 11 is 5.32. The van der Waals surface area contributed by atoms with Crippen molar-refractivity contribution in [3.63, 3.8) is 0 Å². The van der Waals surface area contributed by atoms with Crippen LogP contribution in [0.15, 0.2) is 17.1 Å². The van der Waals surface area contributed by atoms with E-state index in [0.717, 1.165) is 0 Å². The molecule has 0 aliphatic rings. The summed E-state index contributed by atoms with van der Waals surface area (Å²) in [4.78, 5) is 21.8. The molecule has 1 aromatic rings. The summed E-state index contributed by atoms with van der Waals surface area (Å²) in [7, 11) is 0. The van der Waals surface area contributed by atoms with Crippen LogP contribution in [0.1, 0.15) is 5.56 Å². The molecule has 4 nitrogen and oxygen atoms in total.